The molecule has 1 saturated heterocycles. The lowest BCUT2D eigenvalue weighted by Gasteiger charge is -2.34. The minimum atomic E-state index is 0.305. The molecule has 0 aromatic heterocycles. The van der Waals surface area contributed by atoms with Gasteiger partial charge in [-0.1, -0.05) is 60.7 Å². The summed E-state index contributed by atoms with van der Waals surface area (Å²) in [6, 6.07) is 21.8. The summed E-state index contributed by atoms with van der Waals surface area (Å²) in [5.41, 5.74) is 2.71. The van der Waals surface area contributed by atoms with Gasteiger partial charge in [0.05, 0.1) is 18.5 Å². The molecule has 3 rings (SSSR count). The van der Waals surface area contributed by atoms with Crippen molar-refractivity contribution in [2.75, 3.05) is 20.3 Å². The summed E-state index contributed by atoms with van der Waals surface area (Å²) < 4.78 is 5.35. The first-order valence-electron chi connectivity index (χ1n) is 7.39. The van der Waals surface area contributed by atoms with Gasteiger partial charge in [-0.05, 0) is 18.2 Å². The largest absolute Gasteiger partial charge is 0.379 e. The average molecular weight is 299 g/mol. The van der Waals surface area contributed by atoms with Gasteiger partial charge < -0.3 is 10.1 Å². The van der Waals surface area contributed by atoms with Crippen LogP contribution in [-0.4, -0.2) is 25.5 Å². The second-order valence-corrected chi connectivity index (χ2v) is 6.75. The summed E-state index contributed by atoms with van der Waals surface area (Å²) >= 11 is 2.02. The second-order valence-electron chi connectivity index (χ2n) is 5.30. The summed E-state index contributed by atoms with van der Waals surface area (Å²) in [6.07, 6.45) is 0. The van der Waals surface area contributed by atoms with E-state index in [1.54, 1.807) is 0 Å². The van der Waals surface area contributed by atoms with E-state index in [0.29, 0.717) is 16.5 Å². The van der Waals surface area contributed by atoms with Gasteiger partial charge in [-0.3, -0.25) is 0 Å². The van der Waals surface area contributed by atoms with E-state index in [0.717, 1.165) is 13.2 Å². The van der Waals surface area contributed by atoms with E-state index in [2.05, 4.69) is 66.0 Å². The second kappa shape index (κ2) is 7.12. The topological polar surface area (TPSA) is 21.3 Å². The highest BCUT2D eigenvalue weighted by Gasteiger charge is 2.30. The first kappa shape index (κ1) is 14.6. The molecule has 1 N–H and O–H groups in total. The number of rotatable bonds is 6. The smallest absolute Gasteiger partial charge is 0.0608 e. The highest BCUT2D eigenvalue weighted by atomic mass is 32.2. The predicted molar refractivity (Wildman–Crippen MR) is 89.6 cm³/mol. The van der Waals surface area contributed by atoms with E-state index in [1.165, 1.54) is 11.1 Å². The maximum Gasteiger partial charge on any atom is 0.0608 e. The fraction of sp³-hybridized carbons (Fsp3) is 0.333. The van der Waals surface area contributed by atoms with Crippen molar-refractivity contribution < 1.29 is 4.74 Å². The van der Waals surface area contributed by atoms with Crippen LogP contribution in [0.1, 0.15) is 22.4 Å². The van der Waals surface area contributed by atoms with Crippen LogP contribution in [0.4, 0.5) is 0 Å². The third-order valence-electron chi connectivity index (χ3n) is 3.85. The molecule has 0 saturated carbocycles. The zero-order valence-corrected chi connectivity index (χ0v) is 13.1. The third kappa shape index (κ3) is 3.49. The molecule has 21 heavy (non-hydrogen) atoms. The first-order chi connectivity index (χ1) is 10.4. The van der Waals surface area contributed by atoms with Crippen molar-refractivity contribution in [1.29, 1.82) is 0 Å². The van der Waals surface area contributed by atoms with Gasteiger partial charge in [0.1, 0.15) is 0 Å². The molecule has 0 bridgehead atoms. The zero-order valence-electron chi connectivity index (χ0n) is 12.2. The quantitative estimate of drug-likeness (QED) is 0.876. The van der Waals surface area contributed by atoms with E-state index < -0.39 is 0 Å². The number of hydrogen-bond donors (Lipinski definition) is 1. The molecule has 3 heteroatoms. The molecule has 2 nitrogen and oxygen atoms in total. The molecular formula is C18H21NOS. The van der Waals surface area contributed by atoms with E-state index >= 15 is 0 Å². The molecule has 0 radical (unpaired) electrons. The molecule has 0 spiro atoms. The number of nitrogens with one attached hydrogen (secondary N) is 1. The molecule has 110 valence electrons. The van der Waals surface area contributed by atoms with Crippen molar-refractivity contribution in [3.8, 4) is 0 Å². The molecular weight excluding hydrogens is 278 g/mol. The fourth-order valence-electron chi connectivity index (χ4n) is 2.65. The first-order valence-corrected chi connectivity index (χ1v) is 8.33. The van der Waals surface area contributed by atoms with Crippen molar-refractivity contribution >= 4 is 11.8 Å². The molecule has 2 aromatic carbocycles. The van der Waals surface area contributed by atoms with Crippen molar-refractivity contribution in [3.05, 3.63) is 71.8 Å². The van der Waals surface area contributed by atoms with Crippen LogP contribution < -0.4 is 5.32 Å². The molecule has 0 aliphatic carbocycles. The Hall–Kier alpha value is -1.29. The Bertz CT molecular complexity index is 542. The van der Waals surface area contributed by atoms with Crippen LogP contribution in [0.15, 0.2) is 60.7 Å². The summed E-state index contributed by atoms with van der Waals surface area (Å²) in [5, 5.41) is 4.51. The van der Waals surface area contributed by atoms with Crippen LogP contribution in [0, 0.1) is 0 Å². The van der Waals surface area contributed by atoms with Crippen LogP contribution in [0.3, 0.4) is 0 Å². The maximum atomic E-state index is 5.35. The third-order valence-corrected chi connectivity index (χ3v) is 5.34. The molecule has 1 aliphatic rings. The lowest BCUT2D eigenvalue weighted by Crippen LogP contribution is -2.33. The van der Waals surface area contributed by atoms with Gasteiger partial charge in [0, 0.05) is 11.3 Å². The van der Waals surface area contributed by atoms with Crippen molar-refractivity contribution in [2.24, 2.45) is 0 Å². The Kier molecular flexibility index (Phi) is 4.96. The molecule has 1 aliphatic heterocycles. The van der Waals surface area contributed by atoms with Gasteiger partial charge in [0.25, 0.3) is 0 Å². The van der Waals surface area contributed by atoms with E-state index in [4.69, 9.17) is 4.74 Å². The number of hydrogen-bond acceptors (Lipinski definition) is 3. The van der Waals surface area contributed by atoms with Gasteiger partial charge >= 0.3 is 0 Å². The minimum absolute atomic E-state index is 0.305. The number of thioether (sulfide) groups is 1. The van der Waals surface area contributed by atoms with Crippen LogP contribution in [-0.2, 0) is 4.74 Å². The Morgan fingerprint density at radius 2 is 1.52 bits per heavy atom. The Morgan fingerprint density at radius 1 is 0.952 bits per heavy atom. The van der Waals surface area contributed by atoms with Gasteiger partial charge in [0.2, 0.25) is 0 Å². The standard InChI is InChI=1S/C18H21NOS/c1-19-17(14-8-4-2-5-9-14)18(21-16-12-20-13-16)15-10-6-3-7-11-15/h2-11,16-19H,12-13H2,1H3. The normalized spacial score (nSPS) is 18.0. The van der Waals surface area contributed by atoms with E-state index in [1.807, 2.05) is 18.8 Å². The number of benzene rings is 2. The van der Waals surface area contributed by atoms with E-state index in [9.17, 15) is 0 Å². The van der Waals surface area contributed by atoms with Crippen molar-refractivity contribution in [2.45, 2.75) is 16.5 Å². The Labute approximate surface area is 130 Å². The predicted octanol–water partition coefficient (Wildman–Crippen LogP) is 3.82. The van der Waals surface area contributed by atoms with Crippen LogP contribution in [0.5, 0.6) is 0 Å². The lowest BCUT2D eigenvalue weighted by molar-refractivity contribution is 0.0452. The van der Waals surface area contributed by atoms with Gasteiger partial charge in [0.15, 0.2) is 0 Å². The molecule has 1 fully saturated rings. The lowest BCUT2D eigenvalue weighted by atomic mass is 9.98. The highest BCUT2D eigenvalue weighted by Crippen LogP contribution is 2.43. The zero-order chi connectivity index (χ0) is 14.5. The molecule has 2 unspecified atom stereocenters. The highest BCUT2D eigenvalue weighted by molar-refractivity contribution is 8.00. The molecule has 1 heterocycles. The van der Waals surface area contributed by atoms with Crippen molar-refractivity contribution in [3.63, 3.8) is 0 Å². The van der Waals surface area contributed by atoms with Crippen LogP contribution in [0.25, 0.3) is 0 Å². The fourth-order valence-corrected chi connectivity index (χ4v) is 4.17. The number of likely N-dealkylation sites (N-methyl/N-ethyl adjacent to an activating group) is 1. The molecule has 0 amide bonds. The molecule has 2 atom stereocenters. The summed E-state index contributed by atoms with van der Waals surface area (Å²) in [7, 11) is 2.05. The Balaban J connectivity index is 1.89. The number of ether oxygens (including phenoxy) is 1. The molecule has 2 aromatic rings. The summed E-state index contributed by atoms with van der Waals surface area (Å²) in [4.78, 5) is 0. The van der Waals surface area contributed by atoms with Crippen LogP contribution in [0.2, 0.25) is 0 Å². The average Bonchev–Trinajstić information content (AvgIpc) is 2.51. The van der Waals surface area contributed by atoms with Gasteiger partial charge in [-0.15, -0.1) is 11.8 Å². The Morgan fingerprint density at radius 3 is 2.00 bits per heavy atom. The van der Waals surface area contributed by atoms with E-state index in [-0.39, 0.29) is 0 Å². The van der Waals surface area contributed by atoms with Crippen molar-refractivity contribution in [1.82, 2.24) is 5.32 Å². The maximum absolute atomic E-state index is 5.35. The van der Waals surface area contributed by atoms with Gasteiger partial charge in [-0.25, -0.2) is 0 Å². The monoisotopic (exact) mass is 299 g/mol. The van der Waals surface area contributed by atoms with Crippen LogP contribution >= 0.6 is 11.8 Å². The summed E-state index contributed by atoms with van der Waals surface area (Å²) in [6.45, 7) is 1.75. The van der Waals surface area contributed by atoms with Gasteiger partial charge in [-0.2, -0.15) is 0 Å². The summed E-state index contributed by atoms with van der Waals surface area (Å²) in [5.74, 6) is 0. The SMILES string of the molecule is CNC(c1ccccc1)C(SC1COC1)c1ccccc1. The minimum Gasteiger partial charge on any atom is -0.379 e.